The van der Waals surface area contributed by atoms with Crippen LogP contribution in [0.2, 0.25) is 0 Å². The highest BCUT2D eigenvalue weighted by atomic mass is 32.1. The van der Waals surface area contributed by atoms with E-state index >= 15 is 4.39 Å². The van der Waals surface area contributed by atoms with E-state index in [0.29, 0.717) is 27.9 Å². The van der Waals surface area contributed by atoms with Gasteiger partial charge in [-0.15, -0.1) is 11.3 Å². The molecule has 0 aliphatic heterocycles. The highest BCUT2D eigenvalue weighted by molar-refractivity contribution is 7.10. The number of aromatic hydroxyl groups is 1. The second-order valence-corrected chi connectivity index (χ2v) is 10.6. The topological polar surface area (TPSA) is 149 Å². The number of carbonyl (C=O) groups excluding carboxylic acids is 2. The first-order chi connectivity index (χ1) is 21.7. The van der Waals surface area contributed by atoms with Crippen LogP contribution in [-0.2, 0) is 26.4 Å². The van der Waals surface area contributed by atoms with Crippen LogP contribution >= 0.6 is 11.3 Å². The molecule has 0 unspecified atom stereocenters. The van der Waals surface area contributed by atoms with E-state index in [-0.39, 0.29) is 23.4 Å². The van der Waals surface area contributed by atoms with Crippen LogP contribution in [0.5, 0.6) is 5.75 Å². The van der Waals surface area contributed by atoms with E-state index in [2.05, 4.69) is 16.2 Å². The molecule has 0 spiro atoms. The molecule has 14 heteroatoms. The molecule has 1 N–H and O–H groups in total. The summed E-state index contributed by atoms with van der Waals surface area (Å²) < 4.78 is 46.8. The summed E-state index contributed by atoms with van der Waals surface area (Å²) in [5, 5.41) is 25.0. The van der Waals surface area contributed by atoms with E-state index in [9.17, 15) is 19.1 Å². The van der Waals surface area contributed by atoms with E-state index < -0.39 is 42.1 Å². The number of aromatic nitrogens is 4. The molecule has 0 saturated carbocycles. The lowest BCUT2D eigenvalue weighted by atomic mass is 9.81. The molecule has 2 heterocycles. The maximum absolute atomic E-state index is 15.6. The summed E-state index contributed by atoms with van der Waals surface area (Å²) in [5.41, 5.74) is -0.375. The number of nitrogens with zero attached hydrogens (tertiary/aromatic N) is 5. The van der Waals surface area contributed by atoms with Crippen molar-refractivity contribution in [2.45, 2.75) is 25.0 Å². The second-order valence-electron chi connectivity index (χ2n) is 9.68. The van der Waals surface area contributed by atoms with Crippen LogP contribution in [0.25, 0.3) is 11.3 Å². The van der Waals surface area contributed by atoms with Crippen molar-refractivity contribution in [3.05, 3.63) is 118 Å². The highest BCUT2D eigenvalue weighted by Crippen LogP contribution is 2.45. The zero-order valence-corrected chi connectivity index (χ0v) is 24.3. The largest absolute Gasteiger partial charge is 0.512 e. The Morgan fingerprint density at radius 1 is 1.11 bits per heavy atom. The van der Waals surface area contributed by atoms with Crippen LogP contribution in [0.3, 0.4) is 0 Å². The summed E-state index contributed by atoms with van der Waals surface area (Å²) >= 11 is 1.21. The van der Waals surface area contributed by atoms with Crippen molar-refractivity contribution in [3.63, 3.8) is 0 Å². The predicted molar refractivity (Wildman–Crippen MR) is 155 cm³/mol. The number of thiazole rings is 1. The lowest BCUT2D eigenvalue weighted by Crippen LogP contribution is -2.43. The first kappa shape index (κ1) is 30.8. The second kappa shape index (κ2) is 13.3. The Balaban J connectivity index is 1.48. The fourth-order valence-electron chi connectivity index (χ4n) is 4.58. The van der Waals surface area contributed by atoms with Crippen LogP contribution < -0.4 is 0 Å². The standard InChI is InChI=1S/C31H23F2N5O6S/c1-19(28-37-27(14-45-28)21-7-5-20(13-34)6-8-21)31(15-38-17-35-16-36-38,25-10-9-23(32)12-26(25)33)44-30(41)43-18-42-29(40)22-3-2-4-24(39)11-22/h2-12,14,16-17,19,39H,15,18H2,1H3/t19-,31+/m0/s1. The molecule has 3 aromatic carbocycles. The van der Waals surface area contributed by atoms with E-state index in [0.717, 1.165) is 12.1 Å². The molecule has 0 amide bonds. The van der Waals surface area contributed by atoms with Crippen molar-refractivity contribution >= 4 is 23.5 Å². The fourth-order valence-corrected chi connectivity index (χ4v) is 5.54. The van der Waals surface area contributed by atoms with Gasteiger partial charge in [0.2, 0.25) is 6.79 Å². The Bertz CT molecular complexity index is 1860. The summed E-state index contributed by atoms with van der Waals surface area (Å²) in [5.74, 6) is -3.79. The Morgan fingerprint density at radius 2 is 1.91 bits per heavy atom. The number of benzene rings is 3. The number of phenols is 1. The lowest BCUT2D eigenvalue weighted by Gasteiger charge is -2.37. The zero-order chi connectivity index (χ0) is 32.0. The number of ether oxygens (including phenoxy) is 3. The van der Waals surface area contributed by atoms with Gasteiger partial charge in [-0.2, -0.15) is 10.4 Å². The van der Waals surface area contributed by atoms with Crippen molar-refractivity contribution in [2.75, 3.05) is 6.79 Å². The van der Waals surface area contributed by atoms with Gasteiger partial charge >= 0.3 is 12.1 Å². The number of nitriles is 1. The van der Waals surface area contributed by atoms with Gasteiger partial charge in [0.15, 0.2) is 5.60 Å². The zero-order valence-electron chi connectivity index (χ0n) is 23.5. The van der Waals surface area contributed by atoms with Gasteiger partial charge in [0.05, 0.1) is 35.4 Å². The third-order valence-corrected chi connectivity index (χ3v) is 7.89. The molecular weight excluding hydrogens is 608 g/mol. The summed E-state index contributed by atoms with van der Waals surface area (Å²) in [4.78, 5) is 34.1. The van der Waals surface area contributed by atoms with Crippen LogP contribution in [0.4, 0.5) is 13.6 Å². The number of halogens is 2. The normalized spacial score (nSPS) is 12.8. The maximum Gasteiger partial charge on any atom is 0.512 e. The molecule has 0 bridgehead atoms. The van der Waals surface area contributed by atoms with Gasteiger partial charge in [-0.25, -0.2) is 33.0 Å². The van der Waals surface area contributed by atoms with Gasteiger partial charge in [0, 0.05) is 22.6 Å². The summed E-state index contributed by atoms with van der Waals surface area (Å²) in [6.45, 7) is 0.490. The number of carbonyl (C=O) groups is 2. The van der Waals surface area contributed by atoms with Crippen LogP contribution in [0.15, 0.2) is 84.8 Å². The van der Waals surface area contributed by atoms with E-state index in [1.54, 1.807) is 36.6 Å². The molecule has 45 heavy (non-hydrogen) atoms. The van der Waals surface area contributed by atoms with Crippen molar-refractivity contribution in [1.29, 1.82) is 5.26 Å². The van der Waals surface area contributed by atoms with Gasteiger partial charge in [0.1, 0.15) is 35.0 Å². The van der Waals surface area contributed by atoms with Crippen LogP contribution in [0, 0.1) is 23.0 Å². The SMILES string of the molecule is C[C@@H](c1nc(-c2ccc(C#N)cc2)cs1)[C@@](Cn1cncn1)(OC(=O)OCOC(=O)c1cccc(O)c1)c1ccc(F)cc1F. The number of hydrogen-bond acceptors (Lipinski definition) is 11. The highest BCUT2D eigenvalue weighted by Gasteiger charge is 2.47. The summed E-state index contributed by atoms with van der Waals surface area (Å²) in [6.07, 6.45) is 1.24. The third-order valence-electron chi connectivity index (χ3n) is 6.87. The molecule has 0 aliphatic carbocycles. The van der Waals surface area contributed by atoms with Gasteiger partial charge < -0.3 is 19.3 Å². The first-order valence-corrected chi connectivity index (χ1v) is 14.1. The molecule has 228 valence electrons. The maximum atomic E-state index is 15.6. The smallest absolute Gasteiger partial charge is 0.508 e. The van der Waals surface area contributed by atoms with Crippen molar-refractivity contribution < 1.29 is 37.7 Å². The fraction of sp³-hybridized carbons (Fsp3) is 0.161. The van der Waals surface area contributed by atoms with Gasteiger partial charge in [-0.3, -0.25) is 0 Å². The Labute approximate surface area is 258 Å². The Hall–Kier alpha value is -5.68. The number of phenolic OH excluding ortho intramolecular Hbond substituents is 1. The van der Waals surface area contributed by atoms with Crippen LogP contribution in [0.1, 0.15) is 39.3 Å². The van der Waals surface area contributed by atoms with Crippen molar-refractivity contribution in [3.8, 4) is 23.1 Å². The van der Waals surface area contributed by atoms with Gasteiger partial charge in [-0.1, -0.05) is 25.1 Å². The molecule has 2 atom stereocenters. The first-order valence-electron chi connectivity index (χ1n) is 13.2. The van der Waals surface area contributed by atoms with Crippen LogP contribution in [-0.4, -0.2) is 43.8 Å². The molecule has 5 rings (SSSR count). The van der Waals surface area contributed by atoms with E-state index in [4.69, 9.17) is 24.5 Å². The minimum atomic E-state index is -1.93. The Kier molecular flexibility index (Phi) is 9.10. The molecule has 0 radical (unpaired) electrons. The monoisotopic (exact) mass is 631 g/mol. The Morgan fingerprint density at radius 3 is 2.60 bits per heavy atom. The van der Waals surface area contributed by atoms with Crippen molar-refractivity contribution in [1.82, 2.24) is 19.7 Å². The van der Waals surface area contributed by atoms with E-state index in [1.807, 2.05) is 0 Å². The minimum absolute atomic E-state index is 0.0105. The average molecular weight is 632 g/mol. The van der Waals surface area contributed by atoms with E-state index in [1.165, 1.54) is 52.9 Å². The minimum Gasteiger partial charge on any atom is -0.508 e. The predicted octanol–water partition coefficient (Wildman–Crippen LogP) is 5.92. The summed E-state index contributed by atoms with van der Waals surface area (Å²) in [7, 11) is 0. The number of hydrogen-bond donors (Lipinski definition) is 1. The summed E-state index contributed by atoms with van der Waals surface area (Å²) in [6, 6.07) is 17.0. The molecule has 5 aromatic rings. The van der Waals surface area contributed by atoms with Crippen molar-refractivity contribution in [2.24, 2.45) is 0 Å². The van der Waals surface area contributed by atoms with Gasteiger partial charge in [0.25, 0.3) is 0 Å². The molecule has 0 aliphatic rings. The molecule has 2 aromatic heterocycles. The molecule has 11 nitrogen and oxygen atoms in total. The quantitative estimate of drug-likeness (QED) is 0.145. The third kappa shape index (κ3) is 6.94. The number of esters is 1. The lowest BCUT2D eigenvalue weighted by molar-refractivity contribution is -0.0882. The molecular formula is C31H23F2N5O6S. The van der Waals surface area contributed by atoms with Gasteiger partial charge in [-0.05, 0) is 42.5 Å². The average Bonchev–Trinajstić information content (AvgIpc) is 3.73. The molecule has 0 fully saturated rings. The molecule has 0 saturated heterocycles. The number of rotatable bonds is 10.